The quantitative estimate of drug-likeness (QED) is 0.338. The second kappa shape index (κ2) is 13.7. The zero-order valence-corrected chi connectivity index (χ0v) is 22.5. The van der Waals surface area contributed by atoms with E-state index in [0.29, 0.717) is 24.2 Å². The molecule has 0 amide bonds. The van der Waals surface area contributed by atoms with E-state index in [0.717, 1.165) is 76.6 Å². The molecule has 4 aliphatic rings. The van der Waals surface area contributed by atoms with Crippen LogP contribution in [0.5, 0.6) is 0 Å². The van der Waals surface area contributed by atoms with Crippen molar-refractivity contribution in [2.24, 2.45) is 23.7 Å². The van der Waals surface area contributed by atoms with E-state index in [1.54, 1.807) is 0 Å². The summed E-state index contributed by atoms with van der Waals surface area (Å²) in [5.41, 5.74) is 2.10. The molecule has 1 N–H and O–H groups in total. The van der Waals surface area contributed by atoms with Crippen LogP contribution in [0.15, 0.2) is 35.2 Å². The van der Waals surface area contributed by atoms with Crippen LogP contribution in [0.4, 0.5) is 4.39 Å². The number of hydrogen-bond donors (Lipinski definition) is 1. The summed E-state index contributed by atoms with van der Waals surface area (Å²) in [4.78, 5) is 0. The zero-order chi connectivity index (χ0) is 25.5. The molecule has 5 nitrogen and oxygen atoms in total. The molecule has 204 valence electrons. The Morgan fingerprint density at radius 1 is 1.08 bits per heavy atom. The molecule has 0 radical (unpaired) electrons. The van der Waals surface area contributed by atoms with Crippen molar-refractivity contribution in [3.05, 3.63) is 35.2 Å². The van der Waals surface area contributed by atoms with E-state index in [4.69, 9.17) is 18.9 Å². The first-order valence-corrected chi connectivity index (χ1v) is 14.3. The van der Waals surface area contributed by atoms with Gasteiger partial charge in [-0.25, -0.2) is 4.39 Å². The SMILES string of the molecule is CC(C)=CC[C@H](C)[C@@H](/C=C\[C@@H]1[C@H]2CC(=C(F)CO)C[C@H]2C[C@H]1OC1CCCCO1)OC1CCCCO1. The first-order chi connectivity index (χ1) is 17.4. The molecule has 0 aromatic heterocycles. The number of aliphatic hydroxyl groups is 1. The van der Waals surface area contributed by atoms with Gasteiger partial charge in [0.1, 0.15) is 5.83 Å². The van der Waals surface area contributed by atoms with Gasteiger partial charge in [-0.2, -0.15) is 0 Å². The summed E-state index contributed by atoms with van der Waals surface area (Å²) in [5.74, 6) is 0.849. The number of halogens is 1. The first kappa shape index (κ1) is 28.0. The lowest BCUT2D eigenvalue weighted by Crippen LogP contribution is -2.32. The van der Waals surface area contributed by atoms with E-state index < -0.39 is 6.61 Å². The number of rotatable bonds is 10. The standard InChI is InChI=1S/C30H47FO5/c1-20(2)10-11-21(3)27(35-29-8-4-6-14-33-29)13-12-24-25-17-23(26(31)19-32)16-22(25)18-28(24)36-30-9-5-7-15-34-30/h10,12-13,21-22,24-25,27-30,32H,4-9,11,14-19H2,1-3H3/b13-12-,26-23?/t21-,22-,24+,25-,27+,28+,29?,30?/m0/s1. The summed E-state index contributed by atoms with van der Waals surface area (Å²) in [6, 6.07) is 0. The van der Waals surface area contributed by atoms with Crippen molar-refractivity contribution in [3.8, 4) is 0 Å². The Labute approximate surface area is 217 Å². The van der Waals surface area contributed by atoms with Crippen LogP contribution in [0.2, 0.25) is 0 Å². The summed E-state index contributed by atoms with van der Waals surface area (Å²) in [5, 5.41) is 9.35. The molecule has 8 atom stereocenters. The molecule has 6 heteroatoms. The molecule has 4 rings (SSSR count). The highest BCUT2D eigenvalue weighted by Gasteiger charge is 2.48. The van der Waals surface area contributed by atoms with Crippen molar-refractivity contribution in [2.75, 3.05) is 19.8 Å². The molecule has 4 fully saturated rings. The van der Waals surface area contributed by atoms with Crippen LogP contribution >= 0.6 is 0 Å². The van der Waals surface area contributed by atoms with Crippen LogP contribution in [0.1, 0.15) is 85.0 Å². The Bertz CT molecular complexity index is 776. The van der Waals surface area contributed by atoms with Crippen molar-refractivity contribution in [2.45, 2.75) is 110 Å². The lowest BCUT2D eigenvalue weighted by molar-refractivity contribution is -0.193. The van der Waals surface area contributed by atoms with Gasteiger partial charge in [0.2, 0.25) is 0 Å². The highest BCUT2D eigenvalue weighted by atomic mass is 19.1. The van der Waals surface area contributed by atoms with Gasteiger partial charge in [-0.15, -0.1) is 0 Å². The molecular formula is C30H47FO5. The van der Waals surface area contributed by atoms with E-state index in [2.05, 4.69) is 39.0 Å². The molecule has 0 aromatic carbocycles. The summed E-state index contributed by atoms with van der Waals surface area (Å²) in [7, 11) is 0. The van der Waals surface area contributed by atoms with Crippen LogP contribution < -0.4 is 0 Å². The van der Waals surface area contributed by atoms with Gasteiger partial charge < -0.3 is 24.1 Å². The van der Waals surface area contributed by atoms with Crippen molar-refractivity contribution < 1.29 is 28.4 Å². The molecule has 0 aromatic rings. The predicted octanol–water partition coefficient (Wildman–Crippen LogP) is 6.62. The van der Waals surface area contributed by atoms with E-state index in [1.165, 1.54) is 5.57 Å². The Kier molecular flexibility index (Phi) is 10.6. The van der Waals surface area contributed by atoms with Gasteiger partial charge in [0.15, 0.2) is 12.6 Å². The monoisotopic (exact) mass is 506 g/mol. The Morgan fingerprint density at radius 3 is 2.44 bits per heavy atom. The fraction of sp³-hybridized carbons (Fsp3) is 0.800. The number of hydrogen-bond acceptors (Lipinski definition) is 5. The van der Waals surface area contributed by atoms with Crippen molar-refractivity contribution >= 4 is 0 Å². The maximum absolute atomic E-state index is 14.3. The molecule has 2 aliphatic heterocycles. The molecule has 36 heavy (non-hydrogen) atoms. The minimum Gasteiger partial charge on any atom is -0.389 e. The second-order valence-corrected chi connectivity index (χ2v) is 11.6. The predicted molar refractivity (Wildman–Crippen MR) is 139 cm³/mol. The third-order valence-corrected chi connectivity index (χ3v) is 8.47. The van der Waals surface area contributed by atoms with Crippen LogP contribution in [0.3, 0.4) is 0 Å². The fourth-order valence-electron chi connectivity index (χ4n) is 6.36. The van der Waals surface area contributed by atoms with Gasteiger partial charge in [-0.3, -0.25) is 0 Å². The van der Waals surface area contributed by atoms with Crippen molar-refractivity contribution in [1.29, 1.82) is 0 Å². The Balaban J connectivity index is 1.51. The molecule has 0 bridgehead atoms. The van der Waals surface area contributed by atoms with E-state index >= 15 is 0 Å². The summed E-state index contributed by atoms with van der Waals surface area (Å²) >= 11 is 0. The maximum atomic E-state index is 14.3. The average Bonchev–Trinajstić information content (AvgIpc) is 3.44. The van der Waals surface area contributed by atoms with Crippen LogP contribution in [0, 0.1) is 23.7 Å². The highest BCUT2D eigenvalue weighted by molar-refractivity contribution is 5.21. The van der Waals surface area contributed by atoms with Crippen LogP contribution in [-0.2, 0) is 18.9 Å². The first-order valence-electron chi connectivity index (χ1n) is 14.3. The minimum absolute atomic E-state index is 0.0556. The molecule has 2 heterocycles. The Hall–Kier alpha value is -1.05. The largest absolute Gasteiger partial charge is 0.389 e. The van der Waals surface area contributed by atoms with E-state index in [-0.39, 0.29) is 36.5 Å². The summed E-state index contributed by atoms with van der Waals surface area (Å²) in [6.45, 7) is 7.54. The van der Waals surface area contributed by atoms with Crippen LogP contribution in [-0.4, -0.2) is 49.7 Å². The smallest absolute Gasteiger partial charge is 0.158 e. The summed E-state index contributed by atoms with van der Waals surface area (Å²) < 4.78 is 39.2. The number of fused-ring (bicyclic) bond motifs is 1. The third-order valence-electron chi connectivity index (χ3n) is 8.47. The van der Waals surface area contributed by atoms with Crippen molar-refractivity contribution in [3.63, 3.8) is 0 Å². The number of ether oxygens (including phenoxy) is 4. The van der Waals surface area contributed by atoms with Gasteiger partial charge in [0.05, 0.1) is 18.8 Å². The molecule has 2 aliphatic carbocycles. The van der Waals surface area contributed by atoms with Gasteiger partial charge in [-0.05, 0) is 101 Å². The zero-order valence-electron chi connectivity index (χ0n) is 22.5. The Morgan fingerprint density at radius 2 is 1.81 bits per heavy atom. The second-order valence-electron chi connectivity index (χ2n) is 11.6. The third kappa shape index (κ3) is 7.50. The summed E-state index contributed by atoms with van der Waals surface area (Å²) in [6.07, 6.45) is 16.2. The van der Waals surface area contributed by atoms with Gasteiger partial charge in [-0.1, -0.05) is 30.7 Å². The maximum Gasteiger partial charge on any atom is 0.158 e. The van der Waals surface area contributed by atoms with Gasteiger partial charge in [0, 0.05) is 19.1 Å². The molecule has 2 saturated heterocycles. The van der Waals surface area contributed by atoms with Crippen LogP contribution in [0.25, 0.3) is 0 Å². The van der Waals surface area contributed by atoms with E-state index in [9.17, 15) is 9.50 Å². The molecular weight excluding hydrogens is 459 g/mol. The van der Waals surface area contributed by atoms with Gasteiger partial charge in [0.25, 0.3) is 0 Å². The number of aliphatic hydroxyl groups excluding tert-OH is 1. The molecule has 2 unspecified atom stereocenters. The topological polar surface area (TPSA) is 57.2 Å². The fourth-order valence-corrected chi connectivity index (χ4v) is 6.36. The lowest BCUT2D eigenvalue weighted by atomic mass is 9.89. The van der Waals surface area contributed by atoms with Gasteiger partial charge >= 0.3 is 0 Å². The highest BCUT2D eigenvalue weighted by Crippen LogP contribution is 2.52. The van der Waals surface area contributed by atoms with E-state index in [1.807, 2.05) is 0 Å². The minimum atomic E-state index is -0.496. The lowest BCUT2D eigenvalue weighted by Gasteiger charge is -2.31. The average molecular weight is 507 g/mol. The normalized spacial score (nSPS) is 36.0. The van der Waals surface area contributed by atoms with Crippen molar-refractivity contribution in [1.82, 2.24) is 0 Å². The number of allylic oxidation sites excluding steroid dienone is 3. The molecule has 0 spiro atoms. The molecule has 2 saturated carbocycles.